The Labute approximate surface area is 113 Å². The zero-order valence-corrected chi connectivity index (χ0v) is 11.3. The highest BCUT2D eigenvalue weighted by Gasteiger charge is 2.29. The Morgan fingerprint density at radius 3 is 2.89 bits per heavy atom. The number of benzene rings is 1. The summed E-state index contributed by atoms with van der Waals surface area (Å²) in [5.74, 6) is -0.00433. The van der Waals surface area contributed by atoms with Gasteiger partial charge in [-0.2, -0.15) is 0 Å². The molecule has 3 N–H and O–H groups in total. The lowest BCUT2D eigenvalue weighted by molar-refractivity contribution is -0.662. The molecule has 1 heterocycles. The zero-order chi connectivity index (χ0) is 13.8. The maximum atomic E-state index is 12.4. The number of anilines is 1. The molecule has 0 radical (unpaired) electrons. The molecule has 0 saturated heterocycles. The third kappa shape index (κ3) is 2.93. The van der Waals surface area contributed by atoms with Crippen molar-refractivity contribution in [1.29, 1.82) is 0 Å². The fourth-order valence-electron chi connectivity index (χ4n) is 2.30. The SMILES string of the molecule is CNC(=O)C[NH2+][C@@H](C)C(=O)N1CCc2ccccc21. The largest absolute Gasteiger partial charge is 0.354 e. The molecule has 1 aliphatic rings. The molecule has 0 aliphatic carbocycles. The number of fused-ring (bicyclic) bond motifs is 1. The van der Waals surface area contributed by atoms with Gasteiger partial charge in [-0.25, -0.2) is 0 Å². The number of hydrogen-bond acceptors (Lipinski definition) is 2. The normalized spacial score (nSPS) is 14.9. The van der Waals surface area contributed by atoms with E-state index in [0.717, 1.165) is 18.7 Å². The van der Waals surface area contributed by atoms with Crippen LogP contribution >= 0.6 is 0 Å². The first kappa shape index (κ1) is 13.5. The summed E-state index contributed by atoms with van der Waals surface area (Å²) in [5.41, 5.74) is 2.22. The third-order valence-corrected chi connectivity index (χ3v) is 3.48. The Morgan fingerprint density at radius 1 is 1.42 bits per heavy atom. The van der Waals surface area contributed by atoms with E-state index < -0.39 is 0 Å². The Balaban J connectivity index is 1.99. The third-order valence-electron chi connectivity index (χ3n) is 3.48. The fraction of sp³-hybridized carbons (Fsp3) is 0.429. The number of nitrogens with two attached hydrogens (primary N) is 1. The molecule has 1 aromatic rings. The van der Waals surface area contributed by atoms with E-state index in [4.69, 9.17) is 0 Å². The summed E-state index contributed by atoms with van der Waals surface area (Å²) in [7, 11) is 1.60. The summed E-state index contributed by atoms with van der Waals surface area (Å²) >= 11 is 0. The highest BCUT2D eigenvalue weighted by atomic mass is 16.2. The highest BCUT2D eigenvalue weighted by Crippen LogP contribution is 2.27. The fourth-order valence-corrected chi connectivity index (χ4v) is 2.30. The van der Waals surface area contributed by atoms with Gasteiger partial charge in [-0.1, -0.05) is 18.2 Å². The van der Waals surface area contributed by atoms with Crippen molar-refractivity contribution in [3.05, 3.63) is 29.8 Å². The van der Waals surface area contributed by atoms with Gasteiger partial charge in [0.1, 0.15) is 0 Å². The lowest BCUT2D eigenvalue weighted by Crippen LogP contribution is -2.93. The molecule has 102 valence electrons. The molecule has 0 unspecified atom stereocenters. The van der Waals surface area contributed by atoms with Crippen LogP contribution in [0.1, 0.15) is 12.5 Å². The smallest absolute Gasteiger partial charge is 0.284 e. The molecule has 0 saturated carbocycles. The molecule has 5 nitrogen and oxygen atoms in total. The predicted octanol–water partition coefficient (Wildman–Crippen LogP) is -0.726. The minimum atomic E-state index is -0.247. The maximum absolute atomic E-state index is 12.4. The molecule has 2 amide bonds. The number of likely N-dealkylation sites (N-methyl/N-ethyl adjacent to an activating group) is 1. The van der Waals surface area contributed by atoms with Gasteiger partial charge in [-0.3, -0.25) is 9.59 Å². The minimum Gasteiger partial charge on any atom is -0.354 e. The lowest BCUT2D eigenvalue weighted by Gasteiger charge is -2.20. The van der Waals surface area contributed by atoms with Crippen molar-refractivity contribution in [2.45, 2.75) is 19.4 Å². The van der Waals surface area contributed by atoms with Gasteiger partial charge < -0.3 is 15.5 Å². The lowest BCUT2D eigenvalue weighted by atomic mass is 10.2. The molecule has 2 rings (SSSR count). The maximum Gasteiger partial charge on any atom is 0.284 e. The van der Waals surface area contributed by atoms with Crippen LogP contribution in [0.2, 0.25) is 0 Å². The van der Waals surface area contributed by atoms with Crippen molar-refractivity contribution < 1.29 is 14.9 Å². The molecule has 0 spiro atoms. The van der Waals surface area contributed by atoms with Gasteiger partial charge in [0.05, 0.1) is 0 Å². The van der Waals surface area contributed by atoms with E-state index in [1.165, 1.54) is 5.56 Å². The van der Waals surface area contributed by atoms with Crippen molar-refractivity contribution in [2.24, 2.45) is 0 Å². The number of rotatable bonds is 4. The van der Waals surface area contributed by atoms with Crippen LogP contribution < -0.4 is 15.5 Å². The minimum absolute atomic E-state index is 0.0638. The number of nitrogens with one attached hydrogen (secondary N) is 1. The summed E-state index contributed by atoms with van der Waals surface area (Å²) in [6.07, 6.45) is 0.907. The molecule has 1 aliphatic heterocycles. The van der Waals surface area contributed by atoms with E-state index >= 15 is 0 Å². The van der Waals surface area contributed by atoms with Crippen molar-refractivity contribution >= 4 is 17.5 Å². The van der Waals surface area contributed by atoms with E-state index in [9.17, 15) is 9.59 Å². The molecule has 0 bridgehead atoms. The highest BCUT2D eigenvalue weighted by molar-refractivity contribution is 5.97. The molecule has 19 heavy (non-hydrogen) atoms. The molecule has 1 aromatic carbocycles. The summed E-state index contributed by atoms with van der Waals surface area (Å²) in [6.45, 7) is 2.85. The van der Waals surface area contributed by atoms with E-state index in [1.807, 2.05) is 30.0 Å². The van der Waals surface area contributed by atoms with Crippen LogP contribution in [0.4, 0.5) is 5.69 Å². The number of carbonyl (C=O) groups excluding carboxylic acids is 2. The number of hydrogen-bond donors (Lipinski definition) is 2. The summed E-state index contributed by atoms with van der Waals surface area (Å²) in [5, 5.41) is 4.32. The first-order valence-electron chi connectivity index (χ1n) is 6.56. The molecular formula is C14H20N3O2+. The molecule has 5 heteroatoms. The first-order valence-corrected chi connectivity index (χ1v) is 6.56. The Kier molecular flexibility index (Phi) is 4.16. The van der Waals surface area contributed by atoms with Gasteiger partial charge in [-0.05, 0) is 25.0 Å². The average Bonchev–Trinajstić information content (AvgIpc) is 2.87. The second kappa shape index (κ2) is 5.84. The summed E-state index contributed by atoms with van der Waals surface area (Å²) in [4.78, 5) is 25.4. The van der Waals surface area contributed by atoms with Crippen LogP contribution in [0.25, 0.3) is 0 Å². The predicted molar refractivity (Wildman–Crippen MR) is 72.8 cm³/mol. The standard InChI is InChI=1S/C14H19N3O2/c1-10(16-9-13(18)15-2)14(19)17-8-7-11-5-3-4-6-12(11)17/h3-6,10,16H,7-9H2,1-2H3,(H,15,18)/p+1/t10-/m0/s1. The van der Waals surface area contributed by atoms with E-state index in [2.05, 4.69) is 11.4 Å². The van der Waals surface area contributed by atoms with Gasteiger partial charge in [0.25, 0.3) is 11.8 Å². The van der Waals surface area contributed by atoms with Crippen LogP contribution in [0.15, 0.2) is 24.3 Å². The van der Waals surface area contributed by atoms with Crippen LogP contribution in [-0.2, 0) is 16.0 Å². The number of amides is 2. The average molecular weight is 262 g/mol. The van der Waals surface area contributed by atoms with E-state index in [1.54, 1.807) is 12.4 Å². The van der Waals surface area contributed by atoms with Gasteiger partial charge in [0.2, 0.25) is 0 Å². The molecule has 0 aromatic heterocycles. The monoisotopic (exact) mass is 262 g/mol. The van der Waals surface area contributed by atoms with Crippen LogP contribution in [0.5, 0.6) is 0 Å². The first-order chi connectivity index (χ1) is 9.13. The second-order valence-corrected chi connectivity index (χ2v) is 4.77. The quantitative estimate of drug-likeness (QED) is 0.751. The molecular weight excluding hydrogens is 242 g/mol. The zero-order valence-electron chi connectivity index (χ0n) is 11.3. The van der Waals surface area contributed by atoms with Crippen LogP contribution in [0, 0.1) is 0 Å². The second-order valence-electron chi connectivity index (χ2n) is 4.77. The van der Waals surface area contributed by atoms with Crippen molar-refractivity contribution in [3.8, 4) is 0 Å². The van der Waals surface area contributed by atoms with Crippen LogP contribution in [-0.4, -0.2) is 38.0 Å². The summed E-state index contributed by atoms with van der Waals surface area (Å²) in [6, 6.07) is 7.73. The molecule has 1 atom stereocenters. The van der Waals surface area contributed by atoms with Gasteiger partial charge in [0.15, 0.2) is 12.6 Å². The number of carbonyl (C=O) groups is 2. The van der Waals surface area contributed by atoms with Gasteiger partial charge >= 0.3 is 0 Å². The van der Waals surface area contributed by atoms with Crippen molar-refractivity contribution in [3.63, 3.8) is 0 Å². The van der Waals surface area contributed by atoms with Gasteiger partial charge in [0, 0.05) is 19.3 Å². The summed E-state index contributed by atoms with van der Waals surface area (Å²) < 4.78 is 0. The Bertz CT molecular complexity index is 487. The number of quaternary nitrogens is 1. The Hall–Kier alpha value is -1.88. The number of para-hydroxylation sites is 1. The van der Waals surface area contributed by atoms with E-state index in [0.29, 0.717) is 0 Å². The topological polar surface area (TPSA) is 66.0 Å². The van der Waals surface area contributed by atoms with E-state index in [-0.39, 0.29) is 24.4 Å². The van der Waals surface area contributed by atoms with Gasteiger partial charge in [-0.15, -0.1) is 0 Å². The van der Waals surface area contributed by atoms with Crippen LogP contribution in [0.3, 0.4) is 0 Å². The van der Waals surface area contributed by atoms with Crippen molar-refractivity contribution in [2.75, 3.05) is 25.0 Å². The van der Waals surface area contributed by atoms with Crippen molar-refractivity contribution in [1.82, 2.24) is 5.32 Å². The Morgan fingerprint density at radius 2 is 2.16 bits per heavy atom. The number of nitrogens with zero attached hydrogens (tertiary/aromatic N) is 1. The molecule has 0 fully saturated rings.